The monoisotopic (exact) mass is 291 g/mol. The van der Waals surface area contributed by atoms with Gasteiger partial charge >= 0.3 is 0 Å². The SMILES string of the molecule is COc1ccc(C(O)(CCN(C)C)C2CCCCC2)cc1. The Morgan fingerprint density at radius 1 is 1.14 bits per heavy atom. The molecule has 1 fully saturated rings. The van der Waals surface area contributed by atoms with Gasteiger partial charge in [-0.15, -0.1) is 0 Å². The fourth-order valence-electron chi connectivity index (χ4n) is 3.44. The summed E-state index contributed by atoms with van der Waals surface area (Å²) in [6.45, 7) is 0.902. The van der Waals surface area contributed by atoms with Crippen molar-refractivity contribution in [3.63, 3.8) is 0 Å². The lowest BCUT2D eigenvalue weighted by molar-refractivity contribution is -0.0500. The van der Waals surface area contributed by atoms with Crippen LogP contribution in [0.5, 0.6) is 5.75 Å². The van der Waals surface area contributed by atoms with Gasteiger partial charge in [0.1, 0.15) is 5.75 Å². The Morgan fingerprint density at radius 3 is 2.29 bits per heavy atom. The van der Waals surface area contributed by atoms with Crippen molar-refractivity contribution < 1.29 is 9.84 Å². The molecule has 0 saturated heterocycles. The van der Waals surface area contributed by atoms with Gasteiger partial charge in [-0.1, -0.05) is 31.4 Å². The molecule has 0 heterocycles. The van der Waals surface area contributed by atoms with Crippen molar-refractivity contribution >= 4 is 0 Å². The molecule has 1 aromatic rings. The first kappa shape index (κ1) is 16.3. The molecular formula is C18H29NO2. The second kappa shape index (κ2) is 7.28. The van der Waals surface area contributed by atoms with Crippen LogP contribution in [0.4, 0.5) is 0 Å². The Labute approximate surface area is 128 Å². The molecule has 0 radical (unpaired) electrons. The van der Waals surface area contributed by atoms with E-state index in [0.29, 0.717) is 5.92 Å². The van der Waals surface area contributed by atoms with Crippen molar-refractivity contribution in [2.24, 2.45) is 5.92 Å². The summed E-state index contributed by atoms with van der Waals surface area (Å²) in [5.41, 5.74) is 0.328. The lowest BCUT2D eigenvalue weighted by Crippen LogP contribution is -2.39. The quantitative estimate of drug-likeness (QED) is 0.872. The van der Waals surface area contributed by atoms with Gasteiger partial charge in [0.25, 0.3) is 0 Å². The molecular weight excluding hydrogens is 262 g/mol. The Hall–Kier alpha value is -1.06. The maximum absolute atomic E-state index is 11.5. The van der Waals surface area contributed by atoms with E-state index in [2.05, 4.69) is 19.0 Å². The van der Waals surface area contributed by atoms with Crippen LogP contribution in [0.25, 0.3) is 0 Å². The number of rotatable bonds is 6. The number of methoxy groups -OCH3 is 1. The first-order chi connectivity index (χ1) is 10.1. The summed E-state index contributed by atoms with van der Waals surface area (Å²) < 4.78 is 5.24. The van der Waals surface area contributed by atoms with Crippen LogP contribution in [0, 0.1) is 5.92 Å². The van der Waals surface area contributed by atoms with E-state index in [1.165, 1.54) is 19.3 Å². The van der Waals surface area contributed by atoms with E-state index in [-0.39, 0.29) is 0 Å². The van der Waals surface area contributed by atoms with Gasteiger partial charge in [-0.25, -0.2) is 0 Å². The molecule has 0 spiro atoms. The minimum Gasteiger partial charge on any atom is -0.497 e. The highest BCUT2D eigenvalue weighted by molar-refractivity contribution is 5.31. The molecule has 1 unspecified atom stereocenters. The van der Waals surface area contributed by atoms with Crippen LogP contribution in [0.2, 0.25) is 0 Å². The predicted octanol–water partition coefficient (Wildman–Crippen LogP) is 3.41. The number of aliphatic hydroxyl groups is 1. The Kier molecular flexibility index (Phi) is 5.65. The lowest BCUT2D eigenvalue weighted by Gasteiger charge is -2.40. The molecule has 0 aliphatic heterocycles. The fourth-order valence-corrected chi connectivity index (χ4v) is 3.44. The van der Waals surface area contributed by atoms with E-state index in [9.17, 15) is 5.11 Å². The van der Waals surface area contributed by atoms with Crippen LogP contribution in [0.1, 0.15) is 44.1 Å². The molecule has 1 aliphatic carbocycles. The average molecular weight is 291 g/mol. The summed E-state index contributed by atoms with van der Waals surface area (Å²) in [6.07, 6.45) is 6.85. The molecule has 1 aromatic carbocycles. The molecule has 1 aliphatic rings. The summed E-state index contributed by atoms with van der Waals surface area (Å²) in [5, 5.41) is 11.5. The number of nitrogens with zero attached hydrogens (tertiary/aromatic N) is 1. The van der Waals surface area contributed by atoms with Crippen molar-refractivity contribution in [2.45, 2.75) is 44.1 Å². The minimum atomic E-state index is -0.711. The van der Waals surface area contributed by atoms with Crippen molar-refractivity contribution in [3.05, 3.63) is 29.8 Å². The Bertz CT molecular complexity index is 423. The van der Waals surface area contributed by atoms with Gasteiger partial charge in [-0.2, -0.15) is 0 Å². The molecule has 1 saturated carbocycles. The summed E-state index contributed by atoms with van der Waals surface area (Å²) >= 11 is 0. The molecule has 2 rings (SSSR count). The molecule has 0 bridgehead atoms. The minimum absolute atomic E-state index is 0.375. The molecule has 0 amide bonds. The highest BCUT2D eigenvalue weighted by Crippen LogP contribution is 2.42. The summed E-state index contributed by atoms with van der Waals surface area (Å²) in [4.78, 5) is 2.15. The van der Waals surface area contributed by atoms with Crippen LogP contribution in [0.3, 0.4) is 0 Å². The zero-order valence-electron chi connectivity index (χ0n) is 13.6. The average Bonchev–Trinajstić information content (AvgIpc) is 2.53. The third-order valence-electron chi connectivity index (χ3n) is 4.81. The van der Waals surface area contributed by atoms with Crippen LogP contribution in [-0.2, 0) is 5.60 Å². The lowest BCUT2D eigenvalue weighted by atomic mass is 9.71. The molecule has 1 atom stereocenters. The van der Waals surface area contributed by atoms with Crippen molar-refractivity contribution in [1.29, 1.82) is 0 Å². The molecule has 3 nitrogen and oxygen atoms in total. The molecule has 21 heavy (non-hydrogen) atoms. The van der Waals surface area contributed by atoms with Gasteiger partial charge in [0.2, 0.25) is 0 Å². The van der Waals surface area contributed by atoms with Crippen LogP contribution >= 0.6 is 0 Å². The van der Waals surface area contributed by atoms with E-state index in [1.54, 1.807) is 7.11 Å². The standard InChI is InChI=1S/C18H29NO2/c1-19(2)14-13-18(20,15-7-5-4-6-8-15)16-9-11-17(21-3)12-10-16/h9-12,15,20H,4-8,13-14H2,1-3H3. The number of hydrogen-bond acceptors (Lipinski definition) is 3. The topological polar surface area (TPSA) is 32.7 Å². The summed E-state index contributed by atoms with van der Waals surface area (Å²) in [6, 6.07) is 7.98. The maximum Gasteiger partial charge on any atom is 0.118 e. The normalized spacial score (nSPS) is 19.5. The summed E-state index contributed by atoms with van der Waals surface area (Å²) in [5.74, 6) is 1.22. The van der Waals surface area contributed by atoms with E-state index in [0.717, 1.165) is 37.1 Å². The van der Waals surface area contributed by atoms with Gasteiger partial charge in [-0.05, 0) is 57.0 Å². The molecule has 3 heteroatoms. The zero-order valence-corrected chi connectivity index (χ0v) is 13.6. The fraction of sp³-hybridized carbons (Fsp3) is 0.667. The maximum atomic E-state index is 11.5. The number of ether oxygens (including phenoxy) is 1. The van der Waals surface area contributed by atoms with E-state index in [4.69, 9.17) is 4.74 Å². The molecule has 118 valence electrons. The van der Waals surface area contributed by atoms with Gasteiger partial charge in [0, 0.05) is 6.54 Å². The third-order valence-corrected chi connectivity index (χ3v) is 4.81. The van der Waals surface area contributed by atoms with Gasteiger partial charge in [0.05, 0.1) is 12.7 Å². The predicted molar refractivity (Wildman–Crippen MR) is 86.6 cm³/mol. The van der Waals surface area contributed by atoms with E-state index >= 15 is 0 Å². The van der Waals surface area contributed by atoms with Crippen molar-refractivity contribution in [3.8, 4) is 5.75 Å². The number of hydrogen-bond donors (Lipinski definition) is 1. The van der Waals surface area contributed by atoms with Crippen molar-refractivity contribution in [2.75, 3.05) is 27.7 Å². The highest BCUT2D eigenvalue weighted by Gasteiger charge is 2.38. The van der Waals surface area contributed by atoms with Crippen LogP contribution in [-0.4, -0.2) is 37.8 Å². The largest absolute Gasteiger partial charge is 0.497 e. The Balaban J connectivity index is 2.23. The van der Waals surface area contributed by atoms with Crippen LogP contribution < -0.4 is 4.74 Å². The zero-order chi connectivity index (χ0) is 15.3. The van der Waals surface area contributed by atoms with E-state index < -0.39 is 5.60 Å². The first-order valence-corrected chi connectivity index (χ1v) is 8.08. The second-order valence-electron chi connectivity index (χ2n) is 6.54. The highest BCUT2D eigenvalue weighted by atomic mass is 16.5. The van der Waals surface area contributed by atoms with Gasteiger partial charge in [0.15, 0.2) is 0 Å². The summed E-state index contributed by atoms with van der Waals surface area (Å²) in [7, 11) is 5.80. The van der Waals surface area contributed by atoms with Crippen LogP contribution in [0.15, 0.2) is 24.3 Å². The third kappa shape index (κ3) is 3.98. The molecule has 0 aromatic heterocycles. The Morgan fingerprint density at radius 2 is 1.76 bits per heavy atom. The van der Waals surface area contributed by atoms with Gasteiger partial charge in [-0.3, -0.25) is 0 Å². The van der Waals surface area contributed by atoms with E-state index in [1.807, 2.05) is 24.3 Å². The first-order valence-electron chi connectivity index (χ1n) is 8.08. The molecule has 1 N–H and O–H groups in total. The number of benzene rings is 1. The van der Waals surface area contributed by atoms with Crippen molar-refractivity contribution in [1.82, 2.24) is 4.90 Å². The van der Waals surface area contributed by atoms with Gasteiger partial charge < -0.3 is 14.7 Å². The second-order valence-corrected chi connectivity index (χ2v) is 6.54. The smallest absolute Gasteiger partial charge is 0.118 e.